The average molecular weight is 368 g/mol. The summed E-state index contributed by atoms with van der Waals surface area (Å²) in [5.41, 5.74) is 0.878. The number of carbonyl (C=O) groups excluding carboxylic acids is 1. The highest BCUT2D eigenvalue weighted by Gasteiger charge is 2.16. The molecule has 0 bridgehead atoms. The molecule has 2 rings (SSSR count). The highest BCUT2D eigenvalue weighted by molar-refractivity contribution is 7.91. The molecule has 2 aromatic carbocycles. The van der Waals surface area contributed by atoms with Crippen molar-refractivity contribution in [3.8, 4) is 5.75 Å². The number of sulfone groups is 1. The number of nitrogens with one attached hydrogen (secondary N) is 1. The fraction of sp³-hybridized carbons (Fsp3) is 0.235. The predicted molar refractivity (Wildman–Crippen MR) is 93.0 cm³/mol. The molecule has 24 heavy (non-hydrogen) atoms. The van der Waals surface area contributed by atoms with Crippen molar-refractivity contribution >= 4 is 27.3 Å². The zero-order valence-corrected chi connectivity index (χ0v) is 14.7. The van der Waals surface area contributed by atoms with E-state index in [1.165, 1.54) is 24.3 Å². The van der Waals surface area contributed by atoms with Gasteiger partial charge >= 0.3 is 0 Å². The van der Waals surface area contributed by atoms with Gasteiger partial charge in [0.2, 0.25) is 5.91 Å². The van der Waals surface area contributed by atoms with Crippen molar-refractivity contribution in [3.63, 3.8) is 0 Å². The minimum Gasteiger partial charge on any atom is -0.497 e. The van der Waals surface area contributed by atoms with Gasteiger partial charge < -0.3 is 10.1 Å². The molecule has 128 valence electrons. The maximum absolute atomic E-state index is 12.2. The molecule has 0 aromatic heterocycles. The molecule has 0 unspecified atom stereocenters. The van der Waals surface area contributed by atoms with Gasteiger partial charge in [-0.2, -0.15) is 0 Å². The predicted octanol–water partition coefficient (Wildman–Crippen LogP) is 2.83. The van der Waals surface area contributed by atoms with E-state index in [4.69, 9.17) is 16.3 Å². The molecule has 0 atom stereocenters. The summed E-state index contributed by atoms with van der Waals surface area (Å²) in [5, 5.41) is 3.17. The van der Waals surface area contributed by atoms with Crippen LogP contribution in [0.4, 0.5) is 0 Å². The Morgan fingerprint density at radius 2 is 1.88 bits per heavy atom. The summed E-state index contributed by atoms with van der Waals surface area (Å²) >= 11 is 5.74. The summed E-state index contributed by atoms with van der Waals surface area (Å²) in [6.45, 7) is 0.316. The van der Waals surface area contributed by atoms with E-state index in [1.807, 2.05) is 24.3 Å². The van der Waals surface area contributed by atoms with Crippen LogP contribution in [0.25, 0.3) is 0 Å². The topological polar surface area (TPSA) is 72.5 Å². The van der Waals surface area contributed by atoms with Gasteiger partial charge in [0.25, 0.3) is 0 Å². The first-order valence-corrected chi connectivity index (χ1v) is 9.32. The van der Waals surface area contributed by atoms with Gasteiger partial charge in [0.05, 0.1) is 17.8 Å². The third kappa shape index (κ3) is 5.25. The third-order valence-electron chi connectivity index (χ3n) is 3.39. The number of benzene rings is 2. The minimum absolute atomic E-state index is 0.102. The highest BCUT2D eigenvalue weighted by atomic mass is 35.5. The van der Waals surface area contributed by atoms with Gasteiger partial charge in [-0.3, -0.25) is 4.79 Å². The van der Waals surface area contributed by atoms with Gasteiger partial charge in [-0.25, -0.2) is 8.42 Å². The molecule has 0 aliphatic carbocycles. The number of halogens is 1. The Morgan fingerprint density at radius 3 is 2.54 bits per heavy atom. The molecule has 0 radical (unpaired) electrons. The van der Waals surface area contributed by atoms with Crippen molar-refractivity contribution in [3.05, 3.63) is 59.1 Å². The van der Waals surface area contributed by atoms with Gasteiger partial charge in [0.15, 0.2) is 9.84 Å². The molecule has 0 aliphatic rings. The number of carbonyl (C=O) groups is 1. The zero-order chi connectivity index (χ0) is 17.6. The summed E-state index contributed by atoms with van der Waals surface area (Å²) in [7, 11) is -1.94. The van der Waals surface area contributed by atoms with E-state index in [9.17, 15) is 13.2 Å². The molecule has 0 saturated heterocycles. The van der Waals surface area contributed by atoms with Crippen LogP contribution in [0.1, 0.15) is 12.0 Å². The van der Waals surface area contributed by atoms with Crippen molar-refractivity contribution < 1.29 is 17.9 Å². The maximum Gasteiger partial charge on any atom is 0.221 e. The molecule has 1 amide bonds. The Kier molecular flexibility index (Phi) is 6.23. The monoisotopic (exact) mass is 367 g/mol. The SMILES string of the molecule is COc1cccc(CNC(=O)CCS(=O)(=O)c2ccc(Cl)cc2)c1. The van der Waals surface area contributed by atoms with Gasteiger partial charge in [0, 0.05) is 18.0 Å². The first kappa shape index (κ1) is 18.3. The number of ether oxygens (including phenoxy) is 1. The second kappa shape index (κ2) is 8.17. The molecule has 1 N–H and O–H groups in total. The van der Waals surface area contributed by atoms with E-state index in [-0.39, 0.29) is 23.0 Å². The van der Waals surface area contributed by atoms with E-state index in [2.05, 4.69) is 5.32 Å². The number of hydrogen-bond acceptors (Lipinski definition) is 4. The van der Waals surface area contributed by atoms with Crippen LogP contribution in [0.3, 0.4) is 0 Å². The smallest absolute Gasteiger partial charge is 0.221 e. The Morgan fingerprint density at radius 1 is 1.17 bits per heavy atom. The van der Waals surface area contributed by atoms with Crippen LogP contribution >= 0.6 is 11.6 Å². The van der Waals surface area contributed by atoms with Crippen LogP contribution in [0.5, 0.6) is 5.75 Å². The normalized spacial score (nSPS) is 11.1. The fourth-order valence-electron chi connectivity index (χ4n) is 2.06. The molecule has 0 aliphatic heterocycles. The second-order valence-corrected chi connectivity index (χ2v) is 7.70. The summed E-state index contributed by atoms with van der Waals surface area (Å²) in [5.74, 6) is 0.126. The van der Waals surface area contributed by atoms with Crippen LogP contribution in [0.15, 0.2) is 53.4 Å². The lowest BCUT2D eigenvalue weighted by molar-refractivity contribution is -0.120. The summed E-state index contributed by atoms with van der Waals surface area (Å²) in [6, 6.07) is 13.2. The van der Waals surface area contributed by atoms with Crippen molar-refractivity contribution in [2.75, 3.05) is 12.9 Å². The van der Waals surface area contributed by atoms with E-state index in [1.54, 1.807) is 7.11 Å². The van der Waals surface area contributed by atoms with Crippen LogP contribution < -0.4 is 10.1 Å². The van der Waals surface area contributed by atoms with Crippen LogP contribution in [-0.4, -0.2) is 27.2 Å². The molecule has 2 aromatic rings. The molecule has 0 saturated carbocycles. The van der Waals surface area contributed by atoms with E-state index >= 15 is 0 Å². The number of methoxy groups -OCH3 is 1. The average Bonchev–Trinajstić information content (AvgIpc) is 2.59. The molecular weight excluding hydrogens is 350 g/mol. The Hall–Kier alpha value is -2.05. The lowest BCUT2D eigenvalue weighted by atomic mass is 10.2. The van der Waals surface area contributed by atoms with Gasteiger partial charge in [-0.1, -0.05) is 23.7 Å². The largest absolute Gasteiger partial charge is 0.497 e. The second-order valence-electron chi connectivity index (χ2n) is 5.15. The number of rotatable bonds is 7. The molecular formula is C17H18ClNO4S. The quantitative estimate of drug-likeness (QED) is 0.816. The van der Waals surface area contributed by atoms with Crippen molar-refractivity contribution in [1.82, 2.24) is 5.32 Å². The van der Waals surface area contributed by atoms with Crippen molar-refractivity contribution in [2.45, 2.75) is 17.9 Å². The number of hydrogen-bond donors (Lipinski definition) is 1. The first-order chi connectivity index (χ1) is 11.4. The first-order valence-electron chi connectivity index (χ1n) is 7.29. The molecule has 5 nitrogen and oxygen atoms in total. The molecule has 7 heteroatoms. The Balaban J connectivity index is 1.87. The lowest BCUT2D eigenvalue weighted by Crippen LogP contribution is -2.25. The highest BCUT2D eigenvalue weighted by Crippen LogP contribution is 2.16. The van der Waals surface area contributed by atoms with Crippen molar-refractivity contribution in [1.29, 1.82) is 0 Å². The summed E-state index contributed by atoms with van der Waals surface area (Å²) in [6.07, 6.45) is -0.102. The zero-order valence-electron chi connectivity index (χ0n) is 13.2. The van der Waals surface area contributed by atoms with Crippen molar-refractivity contribution in [2.24, 2.45) is 0 Å². The summed E-state index contributed by atoms with van der Waals surface area (Å²) < 4.78 is 29.4. The van der Waals surface area contributed by atoms with Gasteiger partial charge in [-0.15, -0.1) is 0 Å². The van der Waals surface area contributed by atoms with Crippen LogP contribution in [0.2, 0.25) is 5.02 Å². The molecule has 0 spiro atoms. The Labute approximate surface area is 146 Å². The molecule has 0 fully saturated rings. The van der Waals surface area contributed by atoms with E-state index in [0.717, 1.165) is 5.56 Å². The lowest BCUT2D eigenvalue weighted by Gasteiger charge is -2.08. The van der Waals surface area contributed by atoms with E-state index < -0.39 is 9.84 Å². The van der Waals surface area contributed by atoms with Gasteiger partial charge in [0.1, 0.15) is 5.75 Å². The Bertz CT molecular complexity index is 804. The third-order valence-corrected chi connectivity index (χ3v) is 5.38. The standard InChI is InChI=1S/C17H18ClNO4S/c1-23-15-4-2-3-13(11-15)12-19-17(20)9-10-24(21,22)16-7-5-14(18)6-8-16/h2-8,11H,9-10,12H2,1H3,(H,19,20). The fourth-order valence-corrected chi connectivity index (χ4v) is 3.42. The van der Waals surface area contributed by atoms with Crippen LogP contribution in [0, 0.1) is 0 Å². The number of amides is 1. The molecule has 0 heterocycles. The maximum atomic E-state index is 12.2. The summed E-state index contributed by atoms with van der Waals surface area (Å²) in [4.78, 5) is 12.0. The van der Waals surface area contributed by atoms with Crippen LogP contribution in [-0.2, 0) is 21.2 Å². The van der Waals surface area contributed by atoms with E-state index in [0.29, 0.717) is 17.3 Å². The minimum atomic E-state index is -3.51. The van der Waals surface area contributed by atoms with Gasteiger partial charge in [-0.05, 0) is 42.0 Å².